The molecule has 0 atom stereocenters. The summed E-state index contributed by atoms with van der Waals surface area (Å²) >= 11 is 0. The van der Waals surface area contributed by atoms with Crippen molar-refractivity contribution in [2.45, 2.75) is 18.4 Å². The normalized spacial score (nSPS) is 8.81. The fourth-order valence-corrected chi connectivity index (χ4v) is 0.714. The van der Waals surface area contributed by atoms with Crippen molar-refractivity contribution in [2.75, 3.05) is 0 Å². The van der Waals surface area contributed by atoms with Gasteiger partial charge in [-0.3, -0.25) is 9.59 Å². The molecule has 10 heteroatoms. The van der Waals surface area contributed by atoms with E-state index in [1.807, 2.05) is 0 Å². The Morgan fingerprint density at radius 2 is 1.19 bits per heavy atom. The van der Waals surface area contributed by atoms with E-state index in [-0.39, 0.29) is 97.6 Å². The largest absolute Gasteiger partial charge is 1.00 e. The first-order valence-corrected chi connectivity index (χ1v) is 3.17. The van der Waals surface area contributed by atoms with Crippen LogP contribution in [0.5, 0.6) is 0 Å². The van der Waals surface area contributed by atoms with E-state index in [2.05, 4.69) is 0 Å². The summed E-state index contributed by atoms with van der Waals surface area (Å²) in [6.45, 7) is 0. The molecule has 0 heterocycles. The molecule has 4 N–H and O–H groups in total. The van der Waals surface area contributed by atoms with E-state index in [0.29, 0.717) is 0 Å². The van der Waals surface area contributed by atoms with Gasteiger partial charge in [-0.25, -0.2) is 4.79 Å². The first kappa shape index (κ1) is 26.1. The van der Waals surface area contributed by atoms with Crippen LogP contribution in [0.3, 0.4) is 0 Å². The van der Waals surface area contributed by atoms with E-state index in [0.717, 1.165) is 0 Å². The monoisotopic (exact) mass is 626 g/mol. The van der Waals surface area contributed by atoms with Crippen LogP contribution in [0, 0.1) is 0 Å². The van der Waals surface area contributed by atoms with Gasteiger partial charge >= 0.3 is 69.3 Å². The van der Waals surface area contributed by atoms with Crippen molar-refractivity contribution in [3.05, 3.63) is 0 Å². The molecule has 2 radical (unpaired) electrons. The minimum Gasteiger partial charge on any atom is -1.00 e. The van der Waals surface area contributed by atoms with Gasteiger partial charge in [0.15, 0.2) is 5.60 Å². The van der Waals surface area contributed by atoms with Gasteiger partial charge in [-0.1, -0.05) is 0 Å². The molecule has 0 spiro atoms. The molecule has 98 valence electrons. The molecule has 0 saturated heterocycles. The third kappa shape index (κ3) is 10.6. The van der Waals surface area contributed by atoms with E-state index in [1.165, 1.54) is 0 Å². The fraction of sp³-hybridized carbons (Fsp3) is 0.500. The van der Waals surface area contributed by atoms with Crippen LogP contribution < -0.4 is 51.4 Å². The summed E-state index contributed by atoms with van der Waals surface area (Å²) in [5.74, 6) is -5.02. The van der Waals surface area contributed by atoms with Gasteiger partial charge in [-0.05, 0) is 0 Å². The summed E-state index contributed by atoms with van der Waals surface area (Å²) < 4.78 is 0. The maximum Gasteiger partial charge on any atom is 1.00 e. The van der Waals surface area contributed by atoms with Gasteiger partial charge in [0.1, 0.15) is 0 Å². The standard InChI is InChI=1S/C6H8O7.2Au.K.H/c7-3(8)1-6(13,5(11)12)2-4(9)10;;;;/h13H,1-2H2,(H,7,8)(H,9,10)(H,11,12);;;;/q;;;+1;-1. The number of hydrogen-bond acceptors (Lipinski definition) is 4. The summed E-state index contributed by atoms with van der Waals surface area (Å²) in [6.07, 6.45) is -2.29. The van der Waals surface area contributed by atoms with Crippen molar-refractivity contribution in [1.29, 1.82) is 0 Å². The molecule has 0 fully saturated rings. The Morgan fingerprint density at radius 1 is 0.938 bits per heavy atom. The predicted molar refractivity (Wildman–Crippen MR) is 38.2 cm³/mol. The Kier molecular flexibility index (Phi) is 18.9. The van der Waals surface area contributed by atoms with Gasteiger partial charge in [0.2, 0.25) is 0 Å². The van der Waals surface area contributed by atoms with Crippen LogP contribution in [0.25, 0.3) is 0 Å². The van der Waals surface area contributed by atoms with Crippen molar-refractivity contribution in [3.63, 3.8) is 0 Å². The van der Waals surface area contributed by atoms with E-state index in [9.17, 15) is 14.4 Å². The molecule has 7 nitrogen and oxygen atoms in total. The third-order valence-corrected chi connectivity index (χ3v) is 1.29. The van der Waals surface area contributed by atoms with Crippen LogP contribution in [-0.2, 0) is 59.1 Å². The Balaban J connectivity index is -0.000000120. The molecule has 16 heavy (non-hydrogen) atoms. The van der Waals surface area contributed by atoms with Crippen LogP contribution in [0.1, 0.15) is 14.3 Å². The van der Waals surface area contributed by atoms with Crippen molar-refractivity contribution in [2.24, 2.45) is 0 Å². The Labute approximate surface area is 166 Å². The Hall–Kier alpha value is 1.49. The smallest absolute Gasteiger partial charge is 1.00 e. The predicted octanol–water partition coefficient (Wildman–Crippen LogP) is -4.14. The van der Waals surface area contributed by atoms with Crippen molar-refractivity contribution < 1.29 is 132 Å². The average molecular weight is 626 g/mol. The maximum atomic E-state index is 10.3. The van der Waals surface area contributed by atoms with Crippen LogP contribution >= 0.6 is 0 Å². The van der Waals surface area contributed by atoms with Crippen molar-refractivity contribution in [1.82, 2.24) is 0 Å². The van der Waals surface area contributed by atoms with Gasteiger partial charge in [0.05, 0.1) is 12.8 Å². The molecule has 0 saturated carbocycles. The number of aliphatic carboxylic acids is 3. The second-order valence-electron chi connectivity index (χ2n) is 2.48. The van der Waals surface area contributed by atoms with Crippen LogP contribution in [0.4, 0.5) is 0 Å². The first-order chi connectivity index (χ1) is 5.78. The van der Waals surface area contributed by atoms with Crippen LogP contribution in [0.2, 0.25) is 0 Å². The molecule has 0 aliphatic rings. The maximum absolute atomic E-state index is 10.3. The fourth-order valence-electron chi connectivity index (χ4n) is 0.714. The van der Waals surface area contributed by atoms with Crippen LogP contribution in [0.15, 0.2) is 0 Å². The number of carboxylic acid groups (broad SMARTS) is 3. The second kappa shape index (κ2) is 11.6. The molecule has 0 aliphatic carbocycles. The zero-order valence-electron chi connectivity index (χ0n) is 9.03. The molecule has 0 aromatic carbocycles. The topological polar surface area (TPSA) is 132 Å². The van der Waals surface area contributed by atoms with Crippen molar-refractivity contribution in [3.8, 4) is 0 Å². The van der Waals surface area contributed by atoms with Gasteiger partial charge in [0.25, 0.3) is 0 Å². The molecule has 0 aromatic rings. The molecule has 0 bridgehead atoms. The summed E-state index contributed by atoms with van der Waals surface area (Å²) in [6, 6.07) is 0. The van der Waals surface area contributed by atoms with Gasteiger partial charge in [-0.2, -0.15) is 0 Å². The zero-order chi connectivity index (χ0) is 10.6. The minimum absolute atomic E-state index is 0. The quantitative estimate of drug-likeness (QED) is 0.228. The summed E-state index contributed by atoms with van der Waals surface area (Å²) in [4.78, 5) is 30.5. The molecule has 0 aromatic heterocycles. The molecule has 0 unspecified atom stereocenters. The number of carboxylic acids is 3. The molecular formula is C6H9Au2KO7. The molecule has 0 amide bonds. The van der Waals surface area contributed by atoms with Gasteiger partial charge < -0.3 is 21.9 Å². The molecule has 0 rings (SSSR count). The van der Waals surface area contributed by atoms with Gasteiger partial charge in [-0.15, -0.1) is 0 Å². The third-order valence-electron chi connectivity index (χ3n) is 1.29. The Morgan fingerprint density at radius 3 is 1.31 bits per heavy atom. The number of hydrogen-bond donors (Lipinski definition) is 4. The molecule has 0 aliphatic heterocycles. The van der Waals surface area contributed by atoms with E-state index in [1.54, 1.807) is 0 Å². The average Bonchev–Trinajstić information content (AvgIpc) is 1.82. The number of aliphatic hydroxyl groups is 1. The number of rotatable bonds is 5. The Bertz CT molecular complexity index is 247. The molecular weight excluding hydrogens is 617 g/mol. The SMILES string of the molecule is O=C(O)CC(O)(CC(=O)O)C(=O)O.[Au].[Au].[H-].[K+]. The van der Waals surface area contributed by atoms with E-state index < -0.39 is 36.4 Å². The second-order valence-corrected chi connectivity index (χ2v) is 2.48. The van der Waals surface area contributed by atoms with Crippen LogP contribution in [-0.4, -0.2) is 43.9 Å². The summed E-state index contributed by atoms with van der Waals surface area (Å²) in [7, 11) is 0. The first-order valence-electron chi connectivity index (χ1n) is 3.17. The summed E-state index contributed by atoms with van der Waals surface area (Å²) in [5.41, 5.74) is -2.74. The van der Waals surface area contributed by atoms with Gasteiger partial charge in [0, 0.05) is 44.8 Å². The van der Waals surface area contributed by atoms with Crippen molar-refractivity contribution >= 4 is 17.9 Å². The number of carbonyl (C=O) groups is 3. The minimum atomic E-state index is -2.74. The zero-order valence-corrected chi connectivity index (χ0v) is 15.5. The van der Waals surface area contributed by atoms with E-state index >= 15 is 0 Å². The summed E-state index contributed by atoms with van der Waals surface area (Å²) in [5, 5.41) is 33.8. The van der Waals surface area contributed by atoms with E-state index in [4.69, 9.17) is 20.4 Å².